The number of aromatic nitrogens is 1. The van der Waals surface area contributed by atoms with Crippen LogP contribution in [0.2, 0.25) is 0 Å². The molecule has 1 amide bonds. The van der Waals surface area contributed by atoms with E-state index in [9.17, 15) is 14.0 Å². The van der Waals surface area contributed by atoms with Gasteiger partial charge in [-0.25, -0.2) is 4.39 Å². The molecule has 120 valence electrons. The topological polar surface area (TPSA) is 51.5 Å². The third-order valence-corrected chi connectivity index (χ3v) is 4.10. The van der Waals surface area contributed by atoms with Crippen LogP contribution in [-0.2, 0) is 20.0 Å². The maximum absolute atomic E-state index is 13.5. The van der Waals surface area contributed by atoms with Crippen molar-refractivity contribution in [1.82, 2.24) is 9.47 Å². The number of carbonyl (C=O) groups is 1. The maximum Gasteiger partial charge on any atom is 0.258 e. The summed E-state index contributed by atoms with van der Waals surface area (Å²) in [6.45, 7) is 0.876. The summed E-state index contributed by atoms with van der Waals surface area (Å²) < 4.78 is 20.1. The number of methoxy groups -OCH3 is 1. The van der Waals surface area contributed by atoms with Crippen molar-refractivity contribution in [2.24, 2.45) is 7.05 Å². The Morgan fingerprint density at radius 2 is 2.04 bits per heavy atom. The van der Waals surface area contributed by atoms with Crippen LogP contribution in [0.3, 0.4) is 0 Å². The summed E-state index contributed by atoms with van der Waals surface area (Å²) in [5, 5.41) is 0. The van der Waals surface area contributed by atoms with Crippen LogP contribution in [0.25, 0.3) is 0 Å². The summed E-state index contributed by atoms with van der Waals surface area (Å²) in [5.41, 5.74) is 2.04. The lowest BCUT2D eigenvalue weighted by Gasteiger charge is -2.29. The highest BCUT2D eigenvalue weighted by Crippen LogP contribution is 2.24. The Balaban J connectivity index is 1.92. The number of pyridine rings is 1. The molecular weight excluding hydrogens is 299 g/mol. The third kappa shape index (κ3) is 2.84. The second kappa shape index (κ2) is 5.87. The molecule has 0 saturated heterocycles. The number of carbonyl (C=O) groups excluding carboxylic acids is 1. The summed E-state index contributed by atoms with van der Waals surface area (Å²) >= 11 is 0. The van der Waals surface area contributed by atoms with Gasteiger partial charge >= 0.3 is 0 Å². The second-order valence-electron chi connectivity index (χ2n) is 5.59. The number of nitrogens with zero attached hydrogens (tertiary/aromatic N) is 2. The predicted octanol–water partition coefficient (Wildman–Crippen LogP) is 1.73. The van der Waals surface area contributed by atoms with Gasteiger partial charge in [0.15, 0.2) is 0 Å². The molecule has 6 heteroatoms. The van der Waals surface area contributed by atoms with E-state index in [0.29, 0.717) is 25.3 Å². The first-order chi connectivity index (χ1) is 11.0. The average Bonchev–Trinajstić information content (AvgIpc) is 2.55. The number of ether oxygens (including phenoxy) is 1. The lowest BCUT2D eigenvalue weighted by atomic mass is 10.0. The first-order valence-corrected chi connectivity index (χ1v) is 7.31. The van der Waals surface area contributed by atoms with Crippen molar-refractivity contribution in [3.63, 3.8) is 0 Å². The summed E-state index contributed by atoms with van der Waals surface area (Å²) in [6, 6.07) is 5.51. The molecule has 0 unspecified atom stereocenters. The van der Waals surface area contributed by atoms with E-state index in [-0.39, 0.29) is 17.0 Å². The third-order valence-electron chi connectivity index (χ3n) is 4.10. The predicted molar refractivity (Wildman–Crippen MR) is 83.1 cm³/mol. The van der Waals surface area contributed by atoms with Gasteiger partial charge in [0.05, 0.1) is 12.7 Å². The maximum atomic E-state index is 13.5. The van der Waals surface area contributed by atoms with E-state index in [2.05, 4.69) is 0 Å². The Morgan fingerprint density at radius 1 is 1.26 bits per heavy atom. The highest BCUT2D eigenvalue weighted by atomic mass is 19.1. The molecule has 0 bridgehead atoms. The minimum Gasteiger partial charge on any atom is -0.496 e. The smallest absolute Gasteiger partial charge is 0.258 e. The molecule has 1 aliphatic heterocycles. The van der Waals surface area contributed by atoms with Crippen molar-refractivity contribution in [1.29, 1.82) is 0 Å². The van der Waals surface area contributed by atoms with Crippen molar-refractivity contribution >= 4 is 5.91 Å². The van der Waals surface area contributed by atoms with Crippen molar-refractivity contribution in [2.45, 2.75) is 13.0 Å². The summed E-state index contributed by atoms with van der Waals surface area (Å²) in [7, 11) is 3.13. The van der Waals surface area contributed by atoms with Crippen molar-refractivity contribution in [3.8, 4) is 5.75 Å². The fourth-order valence-corrected chi connectivity index (χ4v) is 2.83. The van der Waals surface area contributed by atoms with Gasteiger partial charge in [-0.1, -0.05) is 0 Å². The van der Waals surface area contributed by atoms with E-state index >= 15 is 0 Å². The van der Waals surface area contributed by atoms with Crippen molar-refractivity contribution in [3.05, 3.63) is 63.3 Å². The molecule has 2 heterocycles. The number of fused-ring (bicyclic) bond motifs is 1. The normalized spacial score (nSPS) is 13.6. The zero-order valence-electron chi connectivity index (χ0n) is 13.0. The number of hydrogen-bond acceptors (Lipinski definition) is 3. The van der Waals surface area contributed by atoms with Crippen LogP contribution >= 0.6 is 0 Å². The lowest BCUT2D eigenvalue weighted by Crippen LogP contribution is -2.37. The molecule has 2 aromatic rings. The molecular formula is C17H17FN2O3. The monoisotopic (exact) mass is 316 g/mol. The van der Waals surface area contributed by atoms with E-state index in [1.54, 1.807) is 24.2 Å². The van der Waals surface area contributed by atoms with E-state index in [4.69, 9.17) is 4.74 Å². The molecule has 1 aliphatic rings. The number of amides is 1. The molecule has 0 aliphatic carbocycles. The first kappa shape index (κ1) is 15.3. The van der Waals surface area contributed by atoms with Gasteiger partial charge in [-0.3, -0.25) is 9.59 Å². The minimum atomic E-state index is -0.478. The van der Waals surface area contributed by atoms with Crippen LogP contribution in [0, 0.1) is 5.82 Å². The van der Waals surface area contributed by atoms with Crippen LogP contribution < -0.4 is 10.3 Å². The van der Waals surface area contributed by atoms with Crippen molar-refractivity contribution < 1.29 is 13.9 Å². The van der Waals surface area contributed by atoms with Gasteiger partial charge in [-0.15, -0.1) is 0 Å². The Kier molecular flexibility index (Phi) is 3.90. The molecule has 0 fully saturated rings. The van der Waals surface area contributed by atoms with E-state index in [1.807, 2.05) is 0 Å². The molecule has 0 spiro atoms. The van der Waals surface area contributed by atoms with Crippen LogP contribution in [0.4, 0.5) is 4.39 Å². The standard InChI is InChI=1S/C17H17FN2O3/c1-19-9-12-10-20(6-5-11(12)7-16(19)21)17(22)14-8-13(18)3-4-15(14)23-2/h3-4,7-9H,5-6,10H2,1-2H3. The van der Waals surface area contributed by atoms with Gasteiger partial charge in [-0.05, 0) is 35.7 Å². The summed E-state index contributed by atoms with van der Waals surface area (Å²) in [6.07, 6.45) is 2.36. The highest BCUT2D eigenvalue weighted by Gasteiger charge is 2.25. The molecule has 0 atom stereocenters. The van der Waals surface area contributed by atoms with Crippen LogP contribution in [-0.4, -0.2) is 29.0 Å². The average molecular weight is 316 g/mol. The number of rotatable bonds is 2. The van der Waals surface area contributed by atoms with Crippen LogP contribution in [0.5, 0.6) is 5.75 Å². The Labute approximate surface area is 132 Å². The van der Waals surface area contributed by atoms with Crippen LogP contribution in [0.15, 0.2) is 35.3 Å². The zero-order valence-corrected chi connectivity index (χ0v) is 13.0. The molecule has 0 radical (unpaired) electrons. The van der Waals surface area contributed by atoms with Gasteiger partial charge in [-0.2, -0.15) is 0 Å². The lowest BCUT2D eigenvalue weighted by molar-refractivity contribution is 0.0730. The van der Waals surface area contributed by atoms with E-state index in [0.717, 1.165) is 11.1 Å². The number of benzene rings is 1. The van der Waals surface area contributed by atoms with Gasteiger partial charge in [0.1, 0.15) is 11.6 Å². The fourth-order valence-electron chi connectivity index (χ4n) is 2.83. The summed E-state index contributed by atoms with van der Waals surface area (Å²) in [5.74, 6) is -0.405. The quantitative estimate of drug-likeness (QED) is 0.848. The van der Waals surface area contributed by atoms with Gasteiger partial charge in [0, 0.05) is 32.4 Å². The van der Waals surface area contributed by atoms with Crippen molar-refractivity contribution in [2.75, 3.05) is 13.7 Å². The molecule has 5 nitrogen and oxygen atoms in total. The molecule has 1 aromatic heterocycles. The van der Waals surface area contributed by atoms with Gasteiger partial charge < -0.3 is 14.2 Å². The molecule has 3 rings (SSSR count). The Hall–Kier alpha value is -2.63. The van der Waals surface area contributed by atoms with Gasteiger partial charge in [0.2, 0.25) is 0 Å². The largest absolute Gasteiger partial charge is 0.496 e. The molecule has 0 saturated carbocycles. The zero-order chi connectivity index (χ0) is 16.6. The Morgan fingerprint density at radius 3 is 2.78 bits per heavy atom. The molecule has 1 aromatic carbocycles. The number of hydrogen-bond donors (Lipinski definition) is 0. The van der Waals surface area contributed by atoms with E-state index in [1.165, 1.54) is 29.9 Å². The van der Waals surface area contributed by atoms with Crippen LogP contribution in [0.1, 0.15) is 21.5 Å². The number of halogens is 1. The summed E-state index contributed by atoms with van der Waals surface area (Å²) in [4.78, 5) is 26.0. The fraction of sp³-hybridized carbons (Fsp3) is 0.294. The number of aryl methyl sites for hydroxylation is 1. The van der Waals surface area contributed by atoms with E-state index < -0.39 is 5.82 Å². The SMILES string of the molecule is COc1ccc(F)cc1C(=O)N1CCc2cc(=O)n(C)cc2C1. The molecule has 23 heavy (non-hydrogen) atoms. The Bertz CT molecular complexity index is 829. The molecule has 0 N–H and O–H groups in total. The first-order valence-electron chi connectivity index (χ1n) is 7.31. The minimum absolute atomic E-state index is 0.0599. The highest BCUT2D eigenvalue weighted by molar-refractivity contribution is 5.97. The van der Waals surface area contributed by atoms with Gasteiger partial charge in [0.25, 0.3) is 11.5 Å². The second-order valence-corrected chi connectivity index (χ2v) is 5.59.